The molecule has 2 rings (SSSR count). The van der Waals surface area contributed by atoms with Crippen LogP contribution >= 0.6 is 0 Å². The summed E-state index contributed by atoms with van der Waals surface area (Å²) in [6.07, 6.45) is 0. The maximum Gasteiger partial charge on any atom is 0.323 e. The fourth-order valence-corrected chi connectivity index (χ4v) is 1.66. The van der Waals surface area contributed by atoms with Crippen molar-refractivity contribution in [3.8, 4) is 0 Å². The van der Waals surface area contributed by atoms with E-state index in [1.165, 1.54) is 0 Å². The molecule has 0 saturated heterocycles. The third-order valence-corrected chi connectivity index (χ3v) is 2.28. The molecule has 0 spiro atoms. The smallest absolute Gasteiger partial charge is 0.323 e. The molecule has 1 heterocycles. The Labute approximate surface area is 92.7 Å². The Hall–Kier alpha value is -2.04. The lowest BCUT2D eigenvalue weighted by molar-refractivity contribution is -0.137. The van der Waals surface area contributed by atoms with Crippen molar-refractivity contribution in [1.82, 2.24) is 9.55 Å². The highest BCUT2D eigenvalue weighted by Crippen LogP contribution is 2.19. The predicted octanol–water partition coefficient (Wildman–Crippen LogP) is 1.55. The van der Waals surface area contributed by atoms with E-state index in [0.717, 1.165) is 11.0 Å². The minimum Gasteiger partial charge on any atom is -0.480 e. The van der Waals surface area contributed by atoms with Gasteiger partial charge in [0.1, 0.15) is 6.54 Å². The molecule has 0 atom stereocenters. The van der Waals surface area contributed by atoms with Crippen LogP contribution < -0.4 is 5.32 Å². The zero-order valence-corrected chi connectivity index (χ0v) is 8.97. The molecule has 0 bridgehead atoms. The van der Waals surface area contributed by atoms with E-state index >= 15 is 0 Å². The van der Waals surface area contributed by atoms with E-state index in [1.807, 2.05) is 31.2 Å². The molecular weight excluding hydrogens is 206 g/mol. The number of hydrogen-bond donors (Lipinski definition) is 2. The van der Waals surface area contributed by atoms with Gasteiger partial charge in [-0.05, 0) is 19.1 Å². The van der Waals surface area contributed by atoms with Crippen molar-refractivity contribution >= 4 is 23.0 Å². The number of aliphatic carboxylic acids is 1. The van der Waals surface area contributed by atoms with Crippen molar-refractivity contribution in [2.24, 2.45) is 0 Å². The first-order valence-corrected chi connectivity index (χ1v) is 5.13. The average molecular weight is 219 g/mol. The summed E-state index contributed by atoms with van der Waals surface area (Å²) in [7, 11) is 0. The molecule has 0 amide bonds. The molecule has 0 fully saturated rings. The summed E-state index contributed by atoms with van der Waals surface area (Å²) in [6, 6.07) is 7.49. The highest BCUT2D eigenvalue weighted by atomic mass is 16.4. The molecular formula is C11H13N3O2. The van der Waals surface area contributed by atoms with Gasteiger partial charge in [-0.3, -0.25) is 9.36 Å². The van der Waals surface area contributed by atoms with Crippen LogP contribution in [0.15, 0.2) is 24.3 Å². The van der Waals surface area contributed by atoms with Gasteiger partial charge < -0.3 is 10.4 Å². The topological polar surface area (TPSA) is 67.2 Å². The van der Waals surface area contributed by atoms with E-state index in [2.05, 4.69) is 10.3 Å². The number of carbonyl (C=O) groups is 1. The summed E-state index contributed by atoms with van der Waals surface area (Å²) < 4.78 is 1.67. The van der Waals surface area contributed by atoms with Crippen LogP contribution in [0.25, 0.3) is 11.0 Å². The molecule has 0 aliphatic heterocycles. The van der Waals surface area contributed by atoms with Gasteiger partial charge in [-0.15, -0.1) is 0 Å². The molecule has 84 valence electrons. The van der Waals surface area contributed by atoms with Crippen molar-refractivity contribution < 1.29 is 9.90 Å². The van der Waals surface area contributed by atoms with Crippen LogP contribution in [0.3, 0.4) is 0 Å². The molecule has 5 nitrogen and oxygen atoms in total. The number of carboxylic acids is 1. The fraction of sp³-hybridized carbons (Fsp3) is 0.273. The van der Waals surface area contributed by atoms with Crippen molar-refractivity contribution in [2.45, 2.75) is 13.5 Å². The van der Waals surface area contributed by atoms with Crippen LogP contribution in [0.2, 0.25) is 0 Å². The van der Waals surface area contributed by atoms with Gasteiger partial charge in [0.25, 0.3) is 0 Å². The van der Waals surface area contributed by atoms with Crippen LogP contribution in [-0.2, 0) is 11.3 Å². The monoisotopic (exact) mass is 219 g/mol. The van der Waals surface area contributed by atoms with Gasteiger partial charge in [0.15, 0.2) is 0 Å². The second-order valence-corrected chi connectivity index (χ2v) is 3.43. The molecule has 0 saturated carbocycles. The number of para-hydroxylation sites is 2. The summed E-state index contributed by atoms with van der Waals surface area (Å²) in [5.74, 6) is -0.270. The summed E-state index contributed by atoms with van der Waals surface area (Å²) in [6.45, 7) is 2.58. The van der Waals surface area contributed by atoms with Gasteiger partial charge in [0, 0.05) is 6.54 Å². The number of aromatic nitrogens is 2. The van der Waals surface area contributed by atoms with Crippen molar-refractivity contribution in [3.05, 3.63) is 24.3 Å². The Morgan fingerprint density at radius 1 is 1.50 bits per heavy atom. The first kappa shape index (κ1) is 10.5. The SMILES string of the molecule is CCNc1nc2ccccc2n1CC(=O)O. The molecule has 2 N–H and O–H groups in total. The zero-order valence-electron chi connectivity index (χ0n) is 8.97. The average Bonchev–Trinajstić information content (AvgIpc) is 2.57. The van der Waals surface area contributed by atoms with Gasteiger partial charge in [0.05, 0.1) is 11.0 Å². The summed E-state index contributed by atoms with van der Waals surface area (Å²) in [4.78, 5) is 15.1. The summed E-state index contributed by atoms with van der Waals surface area (Å²) >= 11 is 0. The van der Waals surface area contributed by atoms with E-state index in [4.69, 9.17) is 5.11 Å². The van der Waals surface area contributed by atoms with E-state index in [1.54, 1.807) is 4.57 Å². The van der Waals surface area contributed by atoms with Crippen molar-refractivity contribution in [3.63, 3.8) is 0 Å². The number of carboxylic acid groups (broad SMARTS) is 1. The van der Waals surface area contributed by atoms with Crippen LogP contribution in [0.1, 0.15) is 6.92 Å². The lowest BCUT2D eigenvalue weighted by Gasteiger charge is -2.06. The van der Waals surface area contributed by atoms with Crippen molar-refractivity contribution in [1.29, 1.82) is 0 Å². The first-order valence-electron chi connectivity index (χ1n) is 5.13. The number of rotatable bonds is 4. The minimum atomic E-state index is -0.873. The van der Waals surface area contributed by atoms with Gasteiger partial charge in [0.2, 0.25) is 5.95 Å². The van der Waals surface area contributed by atoms with Crippen molar-refractivity contribution in [2.75, 3.05) is 11.9 Å². The van der Waals surface area contributed by atoms with Gasteiger partial charge in [-0.25, -0.2) is 4.98 Å². The third kappa shape index (κ3) is 1.84. The van der Waals surface area contributed by atoms with Crippen LogP contribution in [0.4, 0.5) is 5.95 Å². The van der Waals surface area contributed by atoms with E-state index in [9.17, 15) is 4.79 Å². The van der Waals surface area contributed by atoms with E-state index < -0.39 is 5.97 Å². The highest BCUT2D eigenvalue weighted by molar-refractivity contribution is 5.80. The summed E-state index contributed by atoms with van der Waals surface area (Å²) in [5, 5.41) is 11.9. The molecule has 0 aliphatic carbocycles. The van der Waals surface area contributed by atoms with Gasteiger partial charge in [-0.2, -0.15) is 0 Å². The highest BCUT2D eigenvalue weighted by Gasteiger charge is 2.11. The number of benzene rings is 1. The molecule has 0 unspecified atom stereocenters. The molecule has 5 heteroatoms. The third-order valence-electron chi connectivity index (χ3n) is 2.28. The van der Waals surface area contributed by atoms with Crippen LogP contribution in [0, 0.1) is 0 Å². The molecule has 1 aromatic carbocycles. The maximum absolute atomic E-state index is 10.8. The Balaban J connectivity index is 2.54. The van der Waals surface area contributed by atoms with Crippen LogP contribution in [-0.4, -0.2) is 27.2 Å². The predicted molar refractivity (Wildman–Crippen MR) is 61.5 cm³/mol. The number of nitrogens with one attached hydrogen (secondary N) is 1. The Bertz CT molecular complexity index is 519. The second-order valence-electron chi connectivity index (χ2n) is 3.43. The Kier molecular flexibility index (Phi) is 2.76. The molecule has 0 aliphatic rings. The molecule has 1 aromatic heterocycles. The number of fused-ring (bicyclic) bond motifs is 1. The second kappa shape index (κ2) is 4.22. The standard InChI is InChI=1S/C11H13N3O2/c1-2-12-11-13-8-5-3-4-6-9(8)14(11)7-10(15)16/h3-6H,2,7H2,1H3,(H,12,13)(H,15,16). The number of anilines is 1. The zero-order chi connectivity index (χ0) is 11.5. The van der Waals surface area contributed by atoms with Gasteiger partial charge in [-0.1, -0.05) is 12.1 Å². The van der Waals surface area contributed by atoms with E-state index in [0.29, 0.717) is 12.5 Å². The number of imidazole rings is 1. The minimum absolute atomic E-state index is 0.0805. The molecule has 0 radical (unpaired) electrons. The quantitative estimate of drug-likeness (QED) is 0.818. The number of nitrogens with zero attached hydrogens (tertiary/aromatic N) is 2. The normalized spacial score (nSPS) is 10.6. The summed E-state index contributed by atoms with van der Waals surface area (Å²) in [5.41, 5.74) is 1.64. The lowest BCUT2D eigenvalue weighted by Crippen LogP contribution is -2.12. The maximum atomic E-state index is 10.8. The van der Waals surface area contributed by atoms with Crippen LogP contribution in [0.5, 0.6) is 0 Å². The fourth-order valence-electron chi connectivity index (χ4n) is 1.66. The number of hydrogen-bond acceptors (Lipinski definition) is 3. The Morgan fingerprint density at radius 2 is 2.25 bits per heavy atom. The van der Waals surface area contributed by atoms with Gasteiger partial charge >= 0.3 is 5.97 Å². The van der Waals surface area contributed by atoms with E-state index in [-0.39, 0.29) is 6.54 Å². The molecule has 16 heavy (non-hydrogen) atoms. The lowest BCUT2D eigenvalue weighted by atomic mass is 10.3. The largest absolute Gasteiger partial charge is 0.480 e. The first-order chi connectivity index (χ1) is 7.72. The molecule has 2 aromatic rings. The Morgan fingerprint density at radius 3 is 2.94 bits per heavy atom.